The molecule has 28 heavy (non-hydrogen) atoms. The standard InChI is InChI=1S/C21H30N4O3/c1-26-20-7-3-2-5-18(20)17-24-21(22-9-8-19-6-4-14-28-19)23-10-11-25-12-15-27-16-13-25/h2-7,14H,8-13,15-17H2,1H3,(H2,22,23,24). The molecule has 0 unspecified atom stereocenters. The molecule has 2 N–H and O–H groups in total. The van der Waals surface area contributed by atoms with Crippen LogP contribution in [0.25, 0.3) is 0 Å². The summed E-state index contributed by atoms with van der Waals surface area (Å²) in [5.74, 6) is 2.62. The predicted octanol–water partition coefficient (Wildman–Crippen LogP) is 1.90. The topological polar surface area (TPSA) is 71.3 Å². The average Bonchev–Trinajstić information content (AvgIpc) is 3.26. The Bertz CT molecular complexity index is 712. The lowest BCUT2D eigenvalue weighted by atomic mass is 10.2. The van der Waals surface area contributed by atoms with Crippen molar-refractivity contribution in [2.45, 2.75) is 13.0 Å². The van der Waals surface area contributed by atoms with Gasteiger partial charge < -0.3 is 24.5 Å². The molecule has 1 aliphatic heterocycles. The Balaban J connectivity index is 1.54. The zero-order chi connectivity index (χ0) is 19.4. The van der Waals surface area contributed by atoms with Crippen molar-refractivity contribution < 1.29 is 13.9 Å². The first-order valence-electron chi connectivity index (χ1n) is 9.81. The number of aliphatic imine (C=N–C) groups is 1. The van der Waals surface area contributed by atoms with Crippen LogP contribution in [0, 0.1) is 0 Å². The summed E-state index contributed by atoms with van der Waals surface area (Å²) in [7, 11) is 1.69. The fourth-order valence-corrected chi connectivity index (χ4v) is 3.09. The zero-order valence-corrected chi connectivity index (χ0v) is 16.5. The van der Waals surface area contributed by atoms with E-state index in [-0.39, 0.29) is 0 Å². The monoisotopic (exact) mass is 386 g/mol. The van der Waals surface area contributed by atoms with Crippen LogP contribution >= 0.6 is 0 Å². The van der Waals surface area contributed by atoms with Crippen LogP contribution in [0.5, 0.6) is 5.75 Å². The highest BCUT2D eigenvalue weighted by Gasteiger charge is 2.10. The van der Waals surface area contributed by atoms with E-state index < -0.39 is 0 Å². The number of methoxy groups -OCH3 is 1. The molecule has 2 heterocycles. The number of ether oxygens (including phenoxy) is 2. The summed E-state index contributed by atoms with van der Waals surface area (Å²) in [6, 6.07) is 11.9. The molecule has 2 aromatic rings. The number of hydrogen-bond donors (Lipinski definition) is 2. The first-order valence-corrected chi connectivity index (χ1v) is 9.81. The van der Waals surface area contributed by atoms with E-state index in [4.69, 9.17) is 18.9 Å². The lowest BCUT2D eigenvalue weighted by Gasteiger charge is -2.26. The van der Waals surface area contributed by atoms with Crippen LogP contribution in [0.15, 0.2) is 52.1 Å². The Morgan fingerprint density at radius 1 is 1.11 bits per heavy atom. The van der Waals surface area contributed by atoms with Gasteiger partial charge in [0.1, 0.15) is 11.5 Å². The highest BCUT2D eigenvalue weighted by atomic mass is 16.5. The number of nitrogens with zero attached hydrogens (tertiary/aromatic N) is 2. The van der Waals surface area contributed by atoms with E-state index in [9.17, 15) is 0 Å². The third-order valence-electron chi connectivity index (χ3n) is 4.67. The van der Waals surface area contributed by atoms with Gasteiger partial charge in [0.15, 0.2) is 5.96 Å². The molecule has 3 rings (SSSR count). The number of benzene rings is 1. The number of hydrogen-bond acceptors (Lipinski definition) is 5. The Morgan fingerprint density at radius 2 is 1.93 bits per heavy atom. The molecule has 1 saturated heterocycles. The molecule has 1 fully saturated rings. The van der Waals surface area contributed by atoms with Crippen LogP contribution in [0.2, 0.25) is 0 Å². The Hall–Kier alpha value is -2.51. The minimum atomic E-state index is 0.553. The molecule has 0 radical (unpaired) electrons. The third kappa shape index (κ3) is 6.58. The molecule has 1 aliphatic rings. The number of guanidine groups is 1. The van der Waals surface area contributed by atoms with E-state index >= 15 is 0 Å². The van der Waals surface area contributed by atoms with Crippen molar-refractivity contribution in [2.75, 3.05) is 53.0 Å². The summed E-state index contributed by atoms with van der Waals surface area (Å²) in [5.41, 5.74) is 1.06. The number of para-hydroxylation sites is 1. The Morgan fingerprint density at radius 3 is 2.71 bits per heavy atom. The van der Waals surface area contributed by atoms with Gasteiger partial charge in [-0.15, -0.1) is 0 Å². The summed E-state index contributed by atoms with van der Waals surface area (Å²) in [5, 5.41) is 6.84. The summed E-state index contributed by atoms with van der Waals surface area (Å²) < 4.78 is 16.2. The summed E-state index contributed by atoms with van der Waals surface area (Å²) in [6.07, 6.45) is 2.51. The van der Waals surface area contributed by atoms with E-state index in [0.29, 0.717) is 6.54 Å². The van der Waals surface area contributed by atoms with Gasteiger partial charge in [-0.3, -0.25) is 4.90 Å². The predicted molar refractivity (Wildman–Crippen MR) is 110 cm³/mol. The van der Waals surface area contributed by atoms with Crippen molar-refractivity contribution in [3.63, 3.8) is 0 Å². The number of rotatable bonds is 9. The Kier molecular flexibility index (Phi) is 8.21. The average molecular weight is 386 g/mol. The van der Waals surface area contributed by atoms with Gasteiger partial charge in [-0.2, -0.15) is 0 Å². The molecule has 0 atom stereocenters. The maximum absolute atomic E-state index is 5.43. The van der Waals surface area contributed by atoms with Gasteiger partial charge in [0.25, 0.3) is 0 Å². The van der Waals surface area contributed by atoms with Crippen LogP contribution in [-0.2, 0) is 17.7 Å². The molecule has 7 heteroatoms. The van der Waals surface area contributed by atoms with E-state index in [1.165, 1.54) is 0 Å². The quantitative estimate of drug-likeness (QED) is 0.507. The number of nitrogens with one attached hydrogen (secondary N) is 2. The van der Waals surface area contributed by atoms with Crippen LogP contribution < -0.4 is 15.4 Å². The van der Waals surface area contributed by atoms with Crippen molar-refractivity contribution in [3.8, 4) is 5.75 Å². The second kappa shape index (κ2) is 11.4. The minimum absolute atomic E-state index is 0.553. The molecule has 1 aromatic carbocycles. The smallest absolute Gasteiger partial charge is 0.191 e. The van der Waals surface area contributed by atoms with Gasteiger partial charge in [-0.1, -0.05) is 18.2 Å². The van der Waals surface area contributed by atoms with Crippen LogP contribution in [0.1, 0.15) is 11.3 Å². The van der Waals surface area contributed by atoms with Gasteiger partial charge in [0.2, 0.25) is 0 Å². The van der Waals surface area contributed by atoms with Crippen LogP contribution in [0.3, 0.4) is 0 Å². The van der Waals surface area contributed by atoms with Gasteiger partial charge in [0.05, 0.1) is 33.1 Å². The lowest BCUT2D eigenvalue weighted by Crippen LogP contribution is -2.44. The molecule has 0 saturated carbocycles. The molecule has 1 aromatic heterocycles. The molecular weight excluding hydrogens is 356 g/mol. The van der Waals surface area contributed by atoms with E-state index in [1.807, 2.05) is 36.4 Å². The number of morpholine rings is 1. The lowest BCUT2D eigenvalue weighted by molar-refractivity contribution is 0.0389. The molecule has 7 nitrogen and oxygen atoms in total. The van der Waals surface area contributed by atoms with Crippen molar-refractivity contribution >= 4 is 5.96 Å². The fourth-order valence-electron chi connectivity index (χ4n) is 3.09. The Labute approximate surface area is 166 Å². The van der Waals surface area contributed by atoms with Crippen LogP contribution in [-0.4, -0.2) is 63.9 Å². The third-order valence-corrected chi connectivity index (χ3v) is 4.67. The minimum Gasteiger partial charge on any atom is -0.496 e. The van der Waals surface area contributed by atoms with Gasteiger partial charge in [-0.05, 0) is 18.2 Å². The largest absolute Gasteiger partial charge is 0.496 e. The SMILES string of the molecule is COc1ccccc1CN=C(NCCc1ccco1)NCCN1CCOCC1. The van der Waals surface area contributed by atoms with E-state index in [2.05, 4.69) is 15.5 Å². The molecule has 0 amide bonds. The number of furan rings is 1. The first-order chi connectivity index (χ1) is 13.8. The van der Waals surface area contributed by atoms with E-state index in [0.717, 1.165) is 75.4 Å². The molecular formula is C21H30N4O3. The van der Waals surface area contributed by atoms with Gasteiger partial charge in [0, 0.05) is 44.7 Å². The van der Waals surface area contributed by atoms with Crippen molar-refractivity contribution in [3.05, 3.63) is 54.0 Å². The maximum Gasteiger partial charge on any atom is 0.191 e. The van der Waals surface area contributed by atoms with E-state index in [1.54, 1.807) is 13.4 Å². The second-order valence-electron chi connectivity index (χ2n) is 6.61. The van der Waals surface area contributed by atoms with Gasteiger partial charge in [-0.25, -0.2) is 4.99 Å². The molecule has 0 aliphatic carbocycles. The van der Waals surface area contributed by atoms with Crippen LogP contribution in [0.4, 0.5) is 0 Å². The molecule has 0 bridgehead atoms. The van der Waals surface area contributed by atoms with Gasteiger partial charge >= 0.3 is 0 Å². The summed E-state index contributed by atoms with van der Waals surface area (Å²) >= 11 is 0. The van der Waals surface area contributed by atoms with Crippen molar-refractivity contribution in [1.82, 2.24) is 15.5 Å². The fraction of sp³-hybridized carbons (Fsp3) is 0.476. The molecule has 0 spiro atoms. The zero-order valence-electron chi connectivity index (χ0n) is 16.5. The van der Waals surface area contributed by atoms with Crippen molar-refractivity contribution in [2.24, 2.45) is 4.99 Å². The maximum atomic E-state index is 5.43. The summed E-state index contributed by atoms with van der Waals surface area (Å²) in [4.78, 5) is 7.14. The van der Waals surface area contributed by atoms with Crippen molar-refractivity contribution in [1.29, 1.82) is 0 Å². The second-order valence-corrected chi connectivity index (χ2v) is 6.61. The normalized spacial score (nSPS) is 15.4. The highest BCUT2D eigenvalue weighted by molar-refractivity contribution is 5.79. The molecule has 152 valence electrons. The summed E-state index contributed by atoms with van der Waals surface area (Å²) in [6.45, 7) is 6.71. The highest BCUT2D eigenvalue weighted by Crippen LogP contribution is 2.17. The first kappa shape index (κ1) is 20.2.